The molecule has 1 aromatic carbocycles. The predicted molar refractivity (Wildman–Crippen MR) is 87.9 cm³/mol. The van der Waals surface area contributed by atoms with E-state index in [1.54, 1.807) is 0 Å². The van der Waals surface area contributed by atoms with Gasteiger partial charge in [0, 0.05) is 18.0 Å². The van der Waals surface area contributed by atoms with E-state index in [4.69, 9.17) is 39.5 Å². The smallest absolute Gasteiger partial charge is 0.326 e. The van der Waals surface area contributed by atoms with Crippen molar-refractivity contribution >= 4 is 46.5 Å². The topological polar surface area (TPSA) is 80.2 Å². The largest absolute Gasteiger partial charge is 0.492 e. The lowest BCUT2D eigenvalue weighted by Gasteiger charge is -2.38. The van der Waals surface area contributed by atoms with Crippen LogP contribution in [0, 0.1) is 5.82 Å². The quantitative estimate of drug-likeness (QED) is 0.353. The summed E-state index contributed by atoms with van der Waals surface area (Å²) in [6.45, 7) is 0. The van der Waals surface area contributed by atoms with Gasteiger partial charge in [-0.1, -0.05) is 46.0 Å². The van der Waals surface area contributed by atoms with Crippen LogP contribution in [0.4, 0.5) is 4.39 Å². The third-order valence-corrected chi connectivity index (χ3v) is 4.90. The van der Waals surface area contributed by atoms with Crippen LogP contribution in [0.15, 0.2) is 17.3 Å². The Morgan fingerprint density at radius 1 is 1.46 bits per heavy atom. The number of methoxy groups -OCH3 is 2. The fourth-order valence-corrected chi connectivity index (χ4v) is 3.26. The number of alkyl halides is 2. The maximum Gasteiger partial charge on any atom is 0.326 e. The molecule has 1 fully saturated rings. The van der Waals surface area contributed by atoms with Crippen molar-refractivity contribution in [1.29, 1.82) is 0 Å². The Labute approximate surface area is 152 Å². The van der Waals surface area contributed by atoms with Crippen LogP contribution < -0.4 is 10.1 Å². The van der Waals surface area contributed by atoms with Gasteiger partial charge >= 0.3 is 5.97 Å². The van der Waals surface area contributed by atoms with Crippen LogP contribution in [0.1, 0.15) is 18.0 Å². The van der Waals surface area contributed by atoms with Crippen LogP contribution >= 0.6 is 34.8 Å². The highest BCUT2D eigenvalue weighted by Gasteiger charge is 2.51. The first-order valence-corrected chi connectivity index (χ1v) is 7.86. The van der Waals surface area contributed by atoms with Crippen molar-refractivity contribution in [3.63, 3.8) is 0 Å². The lowest BCUT2D eigenvalue weighted by molar-refractivity contribution is -0.143. The molecule has 2 N–H and O–H groups in total. The SMILES string of the molecule is COC(=O)C1NC(c2ccc(Cl)c(OC)c2F)CC(=NO)C1(Cl)Cl. The number of ether oxygens (including phenoxy) is 2. The molecule has 2 rings (SSSR count). The molecule has 1 aromatic rings. The van der Waals surface area contributed by atoms with Gasteiger partial charge in [0.1, 0.15) is 6.04 Å². The van der Waals surface area contributed by atoms with Gasteiger partial charge in [0.15, 0.2) is 15.9 Å². The van der Waals surface area contributed by atoms with Crippen molar-refractivity contribution in [3.8, 4) is 5.75 Å². The molecular weight excluding hydrogens is 386 g/mol. The zero-order valence-corrected chi connectivity index (χ0v) is 14.9. The zero-order valence-electron chi connectivity index (χ0n) is 12.6. The second kappa shape index (κ2) is 7.31. The van der Waals surface area contributed by atoms with Gasteiger partial charge in [-0.3, -0.25) is 10.1 Å². The fraction of sp³-hybridized carbons (Fsp3) is 0.429. The lowest BCUT2D eigenvalue weighted by atomic mass is 9.90. The average Bonchev–Trinajstić information content (AvgIpc) is 2.54. The summed E-state index contributed by atoms with van der Waals surface area (Å²) in [7, 11) is 2.43. The van der Waals surface area contributed by atoms with E-state index in [9.17, 15) is 14.4 Å². The molecule has 0 saturated carbocycles. The van der Waals surface area contributed by atoms with Gasteiger partial charge < -0.3 is 14.7 Å². The Kier molecular flexibility index (Phi) is 5.80. The molecule has 1 aliphatic heterocycles. The minimum Gasteiger partial charge on any atom is -0.492 e. The summed E-state index contributed by atoms with van der Waals surface area (Å²) < 4.78 is 22.4. The third-order valence-electron chi connectivity index (χ3n) is 3.73. The van der Waals surface area contributed by atoms with Gasteiger partial charge in [-0.05, 0) is 6.07 Å². The van der Waals surface area contributed by atoms with Gasteiger partial charge in [-0.2, -0.15) is 0 Å². The van der Waals surface area contributed by atoms with Gasteiger partial charge in [-0.25, -0.2) is 4.39 Å². The van der Waals surface area contributed by atoms with Gasteiger partial charge in [0.25, 0.3) is 0 Å². The highest BCUT2D eigenvalue weighted by atomic mass is 35.5. The molecule has 0 radical (unpaired) electrons. The van der Waals surface area contributed by atoms with Crippen molar-refractivity contribution in [1.82, 2.24) is 5.32 Å². The first kappa shape index (κ1) is 19.1. The van der Waals surface area contributed by atoms with E-state index >= 15 is 0 Å². The molecule has 0 spiro atoms. The lowest BCUT2D eigenvalue weighted by Crippen LogP contribution is -2.59. The Bertz CT molecular complexity index is 684. The molecule has 0 aliphatic carbocycles. The minimum absolute atomic E-state index is 0.0430. The Morgan fingerprint density at radius 2 is 2.12 bits per heavy atom. The maximum absolute atomic E-state index is 14.6. The number of halogens is 4. The summed E-state index contributed by atoms with van der Waals surface area (Å²) in [4.78, 5) is 12.0. The van der Waals surface area contributed by atoms with Crippen LogP contribution in [-0.2, 0) is 9.53 Å². The number of hydrogen-bond acceptors (Lipinski definition) is 6. The average molecular weight is 400 g/mol. The highest BCUT2D eigenvalue weighted by Crippen LogP contribution is 2.40. The van der Waals surface area contributed by atoms with Gasteiger partial charge in [-0.15, -0.1) is 0 Å². The van der Waals surface area contributed by atoms with Crippen LogP contribution in [0.2, 0.25) is 5.02 Å². The molecule has 132 valence electrons. The number of rotatable bonds is 3. The Hall–Kier alpha value is -1.28. The molecule has 1 aliphatic rings. The van der Waals surface area contributed by atoms with Gasteiger partial charge in [0.05, 0.1) is 25.0 Å². The molecule has 1 saturated heterocycles. The van der Waals surface area contributed by atoms with Crippen molar-refractivity contribution in [2.45, 2.75) is 22.8 Å². The second-order valence-electron chi connectivity index (χ2n) is 5.03. The van der Waals surface area contributed by atoms with Crippen LogP contribution in [0.3, 0.4) is 0 Å². The van der Waals surface area contributed by atoms with Crippen LogP contribution in [0.25, 0.3) is 0 Å². The second-order valence-corrected chi connectivity index (χ2v) is 6.83. The summed E-state index contributed by atoms with van der Waals surface area (Å²) in [6, 6.07) is 0.844. The molecule has 0 amide bonds. The number of carbonyl (C=O) groups is 1. The van der Waals surface area contributed by atoms with E-state index in [1.165, 1.54) is 19.2 Å². The van der Waals surface area contributed by atoms with E-state index < -0.39 is 28.2 Å². The normalized spacial score (nSPS) is 24.7. The summed E-state index contributed by atoms with van der Waals surface area (Å²) in [5.41, 5.74) is 0.0495. The fourth-order valence-electron chi connectivity index (χ4n) is 2.51. The standard InChI is InChI=1S/C14H14Cl3FN2O4/c1-23-11-7(15)4-3-6(10(11)18)8-5-9(20-22)14(16,17)12(19-8)13(21)24-2/h3-4,8,12,19,22H,5H2,1-2H3. The highest BCUT2D eigenvalue weighted by molar-refractivity contribution is 6.60. The Balaban J connectivity index is 2.48. The van der Waals surface area contributed by atoms with Crippen LogP contribution in [0.5, 0.6) is 5.75 Å². The third kappa shape index (κ3) is 3.26. The van der Waals surface area contributed by atoms with Crippen molar-refractivity contribution in [2.75, 3.05) is 14.2 Å². The molecule has 0 bridgehead atoms. The molecule has 24 heavy (non-hydrogen) atoms. The van der Waals surface area contributed by atoms with E-state index in [-0.39, 0.29) is 28.5 Å². The van der Waals surface area contributed by atoms with E-state index in [0.29, 0.717) is 0 Å². The number of hydrogen-bond donors (Lipinski definition) is 2. The van der Waals surface area contributed by atoms with Crippen molar-refractivity contribution in [2.24, 2.45) is 5.16 Å². The molecular formula is C14H14Cl3FN2O4. The van der Waals surface area contributed by atoms with Crippen molar-refractivity contribution < 1.29 is 23.9 Å². The molecule has 10 heteroatoms. The summed E-state index contributed by atoms with van der Waals surface area (Å²) in [5.74, 6) is -1.63. The summed E-state index contributed by atoms with van der Waals surface area (Å²) in [5, 5.41) is 15.1. The minimum atomic E-state index is -1.84. The van der Waals surface area contributed by atoms with Crippen LogP contribution in [-0.4, -0.2) is 41.5 Å². The number of nitrogens with zero attached hydrogens (tertiary/aromatic N) is 1. The monoisotopic (exact) mass is 398 g/mol. The number of carbonyl (C=O) groups excluding carboxylic acids is 1. The first-order valence-electron chi connectivity index (χ1n) is 6.72. The van der Waals surface area contributed by atoms with E-state index in [2.05, 4.69) is 15.2 Å². The molecule has 1 heterocycles. The van der Waals surface area contributed by atoms with E-state index in [1.807, 2.05) is 0 Å². The summed E-state index contributed by atoms with van der Waals surface area (Å²) >= 11 is 18.1. The molecule has 6 nitrogen and oxygen atoms in total. The number of nitrogens with one attached hydrogen (secondary N) is 1. The van der Waals surface area contributed by atoms with Gasteiger partial charge in [0.2, 0.25) is 0 Å². The first-order chi connectivity index (χ1) is 11.3. The zero-order chi connectivity index (χ0) is 18.1. The Morgan fingerprint density at radius 3 is 2.67 bits per heavy atom. The number of piperidine rings is 1. The molecule has 2 atom stereocenters. The molecule has 2 unspecified atom stereocenters. The maximum atomic E-state index is 14.6. The number of oxime groups is 1. The number of esters is 1. The van der Waals surface area contributed by atoms with E-state index in [0.717, 1.165) is 7.11 Å². The number of benzene rings is 1. The summed E-state index contributed by atoms with van der Waals surface area (Å²) in [6.07, 6.45) is -0.0430. The van der Waals surface area contributed by atoms with Crippen molar-refractivity contribution in [3.05, 3.63) is 28.5 Å². The molecule has 0 aromatic heterocycles. The predicted octanol–water partition coefficient (Wildman–Crippen LogP) is 3.07.